The van der Waals surface area contributed by atoms with Gasteiger partial charge in [0.1, 0.15) is 11.6 Å². The Labute approximate surface area is 165 Å². The molecule has 1 heterocycles. The lowest BCUT2D eigenvalue weighted by atomic mass is 9.79. The molecule has 2 rings (SSSR count). The lowest BCUT2D eigenvalue weighted by Crippen LogP contribution is -2.75. The second-order valence-corrected chi connectivity index (χ2v) is 9.10. The molecule has 152 valence electrons. The summed E-state index contributed by atoms with van der Waals surface area (Å²) in [5.41, 5.74) is 0.0401. The second kappa shape index (κ2) is 7.92. The van der Waals surface area contributed by atoms with Crippen molar-refractivity contribution in [2.75, 3.05) is 6.54 Å². The Bertz CT molecular complexity index is 634. The summed E-state index contributed by atoms with van der Waals surface area (Å²) in [5.74, 6) is 0.186. The molecular formula is C23H38N2O2. The van der Waals surface area contributed by atoms with Crippen molar-refractivity contribution in [1.29, 1.82) is 0 Å². The van der Waals surface area contributed by atoms with E-state index in [0.717, 1.165) is 24.8 Å². The van der Waals surface area contributed by atoms with Gasteiger partial charge in [-0.1, -0.05) is 51.1 Å². The van der Waals surface area contributed by atoms with Gasteiger partial charge in [-0.2, -0.15) is 5.06 Å². The van der Waals surface area contributed by atoms with Crippen molar-refractivity contribution in [2.24, 2.45) is 0 Å². The van der Waals surface area contributed by atoms with Gasteiger partial charge in [-0.15, -0.1) is 0 Å². The molecule has 0 saturated carbocycles. The molecule has 0 radical (unpaired) electrons. The summed E-state index contributed by atoms with van der Waals surface area (Å²) in [4.78, 5) is 22.4. The number of nitrogens with zero attached hydrogens (tertiary/aromatic N) is 2. The Morgan fingerprint density at radius 2 is 1.63 bits per heavy atom. The SMILES string of the molecule is CCC1(C)CN(C(C)(C)C)C(=O)C(CC)(CC)N1OC(C)c1ccccc1. The van der Waals surface area contributed by atoms with E-state index in [4.69, 9.17) is 4.84 Å². The molecule has 1 aliphatic rings. The van der Waals surface area contributed by atoms with Crippen LogP contribution in [0.2, 0.25) is 0 Å². The van der Waals surface area contributed by atoms with Crippen molar-refractivity contribution >= 4 is 5.91 Å². The van der Waals surface area contributed by atoms with Crippen molar-refractivity contribution in [3.63, 3.8) is 0 Å². The highest BCUT2D eigenvalue weighted by Gasteiger charge is 2.58. The number of hydrogen-bond acceptors (Lipinski definition) is 3. The molecule has 0 aliphatic carbocycles. The predicted octanol–water partition coefficient (Wildman–Crippen LogP) is 5.35. The number of piperazine rings is 1. The maximum atomic E-state index is 13.7. The number of carbonyl (C=O) groups is 1. The molecule has 4 nitrogen and oxygen atoms in total. The molecule has 1 aromatic rings. The van der Waals surface area contributed by atoms with Crippen LogP contribution < -0.4 is 0 Å². The average Bonchev–Trinajstić information content (AvgIpc) is 2.65. The van der Waals surface area contributed by atoms with Crippen LogP contribution in [-0.4, -0.2) is 39.0 Å². The molecule has 2 atom stereocenters. The Balaban J connectivity index is 2.49. The Morgan fingerprint density at radius 1 is 1.07 bits per heavy atom. The van der Waals surface area contributed by atoms with Crippen LogP contribution in [0.3, 0.4) is 0 Å². The molecule has 27 heavy (non-hydrogen) atoms. The minimum absolute atomic E-state index is 0.108. The van der Waals surface area contributed by atoms with Crippen LogP contribution in [-0.2, 0) is 9.63 Å². The van der Waals surface area contributed by atoms with E-state index in [-0.39, 0.29) is 23.1 Å². The molecule has 1 fully saturated rings. The molecule has 2 unspecified atom stereocenters. The van der Waals surface area contributed by atoms with Gasteiger partial charge in [0.25, 0.3) is 0 Å². The average molecular weight is 375 g/mol. The zero-order valence-electron chi connectivity index (χ0n) is 18.5. The molecule has 0 bridgehead atoms. The van der Waals surface area contributed by atoms with Gasteiger partial charge in [-0.3, -0.25) is 9.63 Å². The summed E-state index contributed by atoms with van der Waals surface area (Å²) in [6.45, 7) is 17.8. The summed E-state index contributed by atoms with van der Waals surface area (Å²) in [7, 11) is 0. The van der Waals surface area contributed by atoms with Gasteiger partial charge in [-0.05, 0) is 59.4 Å². The van der Waals surface area contributed by atoms with Gasteiger partial charge in [0.15, 0.2) is 0 Å². The number of carbonyl (C=O) groups excluding carboxylic acids is 1. The van der Waals surface area contributed by atoms with Gasteiger partial charge < -0.3 is 4.90 Å². The van der Waals surface area contributed by atoms with Crippen LogP contribution >= 0.6 is 0 Å². The normalized spacial score (nSPS) is 24.9. The molecule has 0 N–H and O–H groups in total. The van der Waals surface area contributed by atoms with Crippen LogP contribution in [0.15, 0.2) is 30.3 Å². The summed E-state index contributed by atoms with van der Waals surface area (Å²) in [6, 6.07) is 10.2. The zero-order chi connectivity index (χ0) is 20.5. The molecule has 1 amide bonds. The van der Waals surface area contributed by atoms with E-state index in [1.54, 1.807) is 0 Å². The third-order valence-electron chi connectivity index (χ3n) is 6.29. The third kappa shape index (κ3) is 3.93. The van der Waals surface area contributed by atoms with Crippen molar-refractivity contribution in [3.05, 3.63) is 35.9 Å². The van der Waals surface area contributed by atoms with Gasteiger partial charge >= 0.3 is 0 Å². The second-order valence-electron chi connectivity index (χ2n) is 9.10. The maximum absolute atomic E-state index is 13.7. The third-order valence-corrected chi connectivity index (χ3v) is 6.29. The van der Waals surface area contributed by atoms with Crippen molar-refractivity contribution < 1.29 is 9.63 Å². The largest absolute Gasteiger partial charge is 0.334 e. The fourth-order valence-corrected chi connectivity index (χ4v) is 4.14. The summed E-state index contributed by atoms with van der Waals surface area (Å²) >= 11 is 0. The fraction of sp³-hybridized carbons (Fsp3) is 0.696. The standard InChI is InChI=1S/C23H38N2O2/c1-9-22(8)17-24(21(5,6)7)20(26)23(10-2,11-3)25(22)27-18(4)19-15-13-12-14-16-19/h12-16,18H,9-11,17H2,1-8H3. The number of hydrogen-bond donors (Lipinski definition) is 0. The van der Waals surface area contributed by atoms with Crippen LogP contribution in [0.1, 0.15) is 86.3 Å². The van der Waals surface area contributed by atoms with Crippen LogP contribution in [0, 0.1) is 0 Å². The maximum Gasteiger partial charge on any atom is 0.245 e. The van der Waals surface area contributed by atoms with Gasteiger partial charge in [0.2, 0.25) is 5.91 Å². The van der Waals surface area contributed by atoms with E-state index < -0.39 is 5.54 Å². The summed E-state index contributed by atoms with van der Waals surface area (Å²) in [5, 5.41) is 2.07. The predicted molar refractivity (Wildman–Crippen MR) is 111 cm³/mol. The highest BCUT2D eigenvalue weighted by Crippen LogP contribution is 2.43. The van der Waals surface area contributed by atoms with E-state index in [2.05, 4.69) is 77.5 Å². The van der Waals surface area contributed by atoms with E-state index in [1.165, 1.54) is 0 Å². The number of hydroxylamine groups is 2. The van der Waals surface area contributed by atoms with Crippen molar-refractivity contribution in [3.8, 4) is 0 Å². The van der Waals surface area contributed by atoms with Gasteiger partial charge in [0, 0.05) is 12.1 Å². The van der Waals surface area contributed by atoms with E-state index >= 15 is 0 Å². The first kappa shape index (κ1) is 21.9. The zero-order valence-corrected chi connectivity index (χ0v) is 18.5. The Morgan fingerprint density at radius 3 is 2.07 bits per heavy atom. The smallest absolute Gasteiger partial charge is 0.245 e. The monoisotopic (exact) mass is 374 g/mol. The summed E-state index contributed by atoms with van der Waals surface area (Å²) < 4.78 is 0. The first-order valence-electron chi connectivity index (χ1n) is 10.4. The minimum Gasteiger partial charge on any atom is -0.334 e. The first-order chi connectivity index (χ1) is 12.6. The molecule has 1 aromatic carbocycles. The molecule has 0 spiro atoms. The van der Waals surface area contributed by atoms with Gasteiger partial charge in [-0.25, -0.2) is 0 Å². The van der Waals surface area contributed by atoms with E-state index in [9.17, 15) is 4.79 Å². The number of rotatable bonds is 6. The molecular weight excluding hydrogens is 336 g/mol. The van der Waals surface area contributed by atoms with E-state index in [0.29, 0.717) is 6.54 Å². The van der Waals surface area contributed by atoms with Gasteiger partial charge in [0.05, 0.1) is 5.54 Å². The lowest BCUT2D eigenvalue weighted by molar-refractivity contribution is -0.315. The van der Waals surface area contributed by atoms with Crippen molar-refractivity contribution in [2.45, 2.75) is 97.4 Å². The van der Waals surface area contributed by atoms with Crippen LogP contribution in [0.4, 0.5) is 0 Å². The highest BCUT2D eigenvalue weighted by molar-refractivity contribution is 5.88. The number of amides is 1. The van der Waals surface area contributed by atoms with Crippen LogP contribution in [0.25, 0.3) is 0 Å². The Kier molecular flexibility index (Phi) is 6.43. The Hall–Kier alpha value is -1.39. The topological polar surface area (TPSA) is 32.8 Å². The quantitative estimate of drug-likeness (QED) is 0.673. The number of benzene rings is 1. The van der Waals surface area contributed by atoms with Crippen LogP contribution in [0.5, 0.6) is 0 Å². The van der Waals surface area contributed by atoms with Crippen molar-refractivity contribution in [1.82, 2.24) is 9.96 Å². The van der Waals surface area contributed by atoms with E-state index in [1.807, 2.05) is 18.2 Å². The first-order valence-corrected chi connectivity index (χ1v) is 10.4. The molecule has 0 aromatic heterocycles. The minimum atomic E-state index is -0.640. The highest BCUT2D eigenvalue weighted by atomic mass is 16.7. The summed E-state index contributed by atoms with van der Waals surface area (Å²) in [6.07, 6.45) is 2.26. The lowest BCUT2D eigenvalue weighted by Gasteiger charge is -2.60. The molecule has 4 heteroatoms. The fourth-order valence-electron chi connectivity index (χ4n) is 4.14. The molecule has 1 aliphatic heterocycles. The molecule has 1 saturated heterocycles.